The number of aryl methyl sites for hydroxylation is 1. The van der Waals surface area contributed by atoms with Crippen LogP contribution in [-0.2, 0) is 11.3 Å². The van der Waals surface area contributed by atoms with E-state index in [9.17, 15) is 9.18 Å². The van der Waals surface area contributed by atoms with Crippen LogP contribution in [0.25, 0.3) is 5.69 Å². The van der Waals surface area contributed by atoms with Gasteiger partial charge in [-0.3, -0.25) is 4.79 Å². The molecule has 0 saturated carbocycles. The molecule has 1 N–H and O–H groups in total. The largest absolute Gasteiger partial charge is 0.484 e. The maximum atomic E-state index is 14.5. The third kappa shape index (κ3) is 5.62. The van der Waals surface area contributed by atoms with E-state index in [-0.39, 0.29) is 24.9 Å². The van der Waals surface area contributed by atoms with Crippen molar-refractivity contribution >= 4 is 29.4 Å². The van der Waals surface area contributed by atoms with E-state index in [0.717, 1.165) is 0 Å². The van der Waals surface area contributed by atoms with Gasteiger partial charge in [-0.15, -0.1) is 23.5 Å². The van der Waals surface area contributed by atoms with Crippen molar-refractivity contribution in [2.45, 2.75) is 24.5 Å². The van der Waals surface area contributed by atoms with Gasteiger partial charge in [0.2, 0.25) is 0 Å². The molecule has 1 aromatic heterocycles. The molecule has 4 rings (SSSR count). The van der Waals surface area contributed by atoms with Gasteiger partial charge in [0, 0.05) is 18.9 Å². The Hall–Kier alpha value is -2.45. The Balaban J connectivity index is 1.26. The summed E-state index contributed by atoms with van der Waals surface area (Å²) in [4.78, 5) is 16.3. The van der Waals surface area contributed by atoms with Crippen LogP contribution >= 0.6 is 23.5 Å². The molecule has 5 nitrogen and oxygen atoms in total. The summed E-state index contributed by atoms with van der Waals surface area (Å²) in [5, 5.41) is 2.77. The van der Waals surface area contributed by atoms with Gasteiger partial charge in [0.15, 0.2) is 6.61 Å². The number of nitrogens with one attached hydrogen (secondary N) is 1. The second-order valence-corrected chi connectivity index (χ2v) is 9.92. The first-order valence-corrected chi connectivity index (χ1v) is 12.2. The number of carbonyl (C=O) groups is 1. The maximum absolute atomic E-state index is 14.5. The number of nitrogens with zero attached hydrogens (tertiary/aromatic N) is 2. The summed E-state index contributed by atoms with van der Waals surface area (Å²) in [6.07, 6.45) is 4.61. The minimum absolute atomic E-state index is 0.0823. The summed E-state index contributed by atoms with van der Waals surface area (Å²) in [6.45, 7) is 1.97. The fraction of sp³-hybridized carbons (Fsp3) is 0.304. The number of hydrogen-bond acceptors (Lipinski definition) is 5. The number of benzene rings is 2. The number of aromatic nitrogens is 2. The normalized spacial score (nSPS) is 14.4. The number of ether oxygens (including phenoxy) is 1. The second kappa shape index (κ2) is 10.2. The molecule has 8 heteroatoms. The van der Waals surface area contributed by atoms with E-state index in [0.29, 0.717) is 27.4 Å². The average Bonchev–Trinajstić information content (AvgIpc) is 3.23. The fourth-order valence-electron chi connectivity index (χ4n) is 3.29. The van der Waals surface area contributed by atoms with E-state index in [1.807, 2.05) is 42.6 Å². The Morgan fingerprint density at radius 2 is 2.00 bits per heavy atom. The van der Waals surface area contributed by atoms with Crippen LogP contribution in [0.3, 0.4) is 0 Å². The molecule has 1 aliphatic heterocycles. The summed E-state index contributed by atoms with van der Waals surface area (Å²) in [5.74, 6) is 3.16. The number of imidazole rings is 1. The van der Waals surface area contributed by atoms with Crippen LogP contribution < -0.4 is 10.1 Å². The molecule has 0 aliphatic carbocycles. The average molecular weight is 458 g/mol. The highest BCUT2D eigenvalue weighted by Crippen LogP contribution is 2.43. The van der Waals surface area contributed by atoms with Gasteiger partial charge in [-0.05, 0) is 60.2 Å². The molecule has 1 amide bonds. The van der Waals surface area contributed by atoms with Gasteiger partial charge >= 0.3 is 0 Å². The van der Waals surface area contributed by atoms with E-state index >= 15 is 0 Å². The lowest BCUT2D eigenvalue weighted by Gasteiger charge is -2.21. The highest BCUT2D eigenvalue weighted by atomic mass is 32.2. The number of carbonyl (C=O) groups excluding carboxylic acids is 1. The van der Waals surface area contributed by atoms with E-state index in [2.05, 4.69) is 22.4 Å². The van der Waals surface area contributed by atoms with Crippen molar-refractivity contribution in [2.75, 3.05) is 18.1 Å². The van der Waals surface area contributed by atoms with Crippen LogP contribution in [0.1, 0.15) is 28.0 Å². The molecule has 2 aromatic carbocycles. The van der Waals surface area contributed by atoms with Crippen LogP contribution in [0.15, 0.2) is 54.9 Å². The molecule has 1 aliphatic rings. The zero-order valence-electron chi connectivity index (χ0n) is 17.2. The van der Waals surface area contributed by atoms with Crippen molar-refractivity contribution in [3.8, 4) is 11.4 Å². The highest BCUT2D eigenvalue weighted by Gasteiger charge is 2.16. The number of hydrogen-bond donors (Lipinski definition) is 1. The summed E-state index contributed by atoms with van der Waals surface area (Å²) < 4.78 is 22.2. The Morgan fingerprint density at radius 1 is 1.23 bits per heavy atom. The molecule has 2 heterocycles. The van der Waals surface area contributed by atoms with Crippen LogP contribution in [0.4, 0.5) is 4.39 Å². The zero-order valence-corrected chi connectivity index (χ0v) is 18.8. The van der Waals surface area contributed by atoms with Gasteiger partial charge < -0.3 is 14.6 Å². The Kier molecular flexibility index (Phi) is 7.19. The fourth-order valence-corrected chi connectivity index (χ4v) is 6.18. The summed E-state index contributed by atoms with van der Waals surface area (Å²) in [6, 6.07) is 12.8. The highest BCUT2D eigenvalue weighted by molar-refractivity contribution is 8.16. The molecular weight excluding hydrogens is 433 g/mol. The quantitative estimate of drug-likeness (QED) is 0.548. The van der Waals surface area contributed by atoms with Gasteiger partial charge in [-0.25, -0.2) is 9.37 Å². The molecule has 0 bridgehead atoms. The Labute approximate surface area is 189 Å². The van der Waals surface area contributed by atoms with Gasteiger partial charge in [-0.2, -0.15) is 0 Å². The number of halogens is 1. The predicted octanol–water partition coefficient (Wildman–Crippen LogP) is 4.88. The molecule has 3 aromatic rings. The zero-order chi connectivity index (χ0) is 21.6. The minimum Gasteiger partial charge on any atom is -0.484 e. The van der Waals surface area contributed by atoms with Crippen LogP contribution in [-0.4, -0.2) is 33.6 Å². The molecule has 1 fully saturated rings. The maximum Gasteiger partial charge on any atom is 0.258 e. The van der Waals surface area contributed by atoms with Crippen LogP contribution in [0.2, 0.25) is 0 Å². The predicted molar refractivity (Wildman–Crippen MR) is 124 cm³/mol. The Morgan fingerprint density at radius 3 is 2.68 bits per heavy atom. The van der Waals surface area contributed by atoms with Crippen LogP contribution in [0, 0.1) is 12.7 Å². The second-order valence-electron chi connectivity index (χ2n) is 7.19. The standard InChI is InChI=1S/C23H24FN3O2S2/c1-16-25-9-10-27(16)21-8-3-17(13-20(21)24)14-26-22(28)15-29-19-6-4-18(5-7-19)23-30-11-2-12-31-23/h3-10,13,23H,2,11-12,14-15H2,1H3,(H,26,28). The number of amides is 1. The van der Waals surface area contributed by atoms with Gasteiger partial charge in [0.1, 0.15) is 17.4 Å². The van der Waals surface area contributed by atoms with E-state index < -0.39 is 0 Å². The van der Waals surface area contributed by atoms with Crippen molar-refractivity contribution in [1.29, 1.82) is 0 Å². The number of thioether (sulfide) groups is 2. The first-order valence-electron chi connectivity index (χ1n) is 10.1. The minimum atomic E-state index is -0.363. The molecular formula is C23H24FN3O2S2. The van der Waals surface area contributed by atoms with Crippen molar-refractivity contribution in [3.63, 3.8) is 0 Å². The van der Waals surface area contributed by atoms with E-state index in [1.54, 1.807) is 29.1 Å². The molecule has 31 heavy (non-hydrogen) atoms. The summed E-state index contributed by atoms with van der Waals surface area (Å²) >= 11 is 3.95. The number of rotatable bonds is 7. The smallest absolute Gasteiger partial charge is 0.258 e. The lowest BCUT2D eigenvalue weighted by molar-refractivity contribution is -0.123. The van der Waals surface area contributed by atoms with Crippen molar-refractivity contribution in [2.24, 2.45) is 0 Å². The molecule has 0 unspecified atom stereocenters. The van der Waals surface area contributed by atoms with E-state index in [1.165, 1.54) is 29.6 Å². The third-order valence-electron chi connectivity index (χ3n) is 4.94. The van der Waals surface area contributed by atoms with Gasteiger partial charge in [0.25, 0.3) is 5.91 Å². The SMILES string of the molecule is Cc1nccn1-c1ccc(CNC(=O)COc2ccc(C3SCCCS3)cc2)cc1F. The lowest BCUT2D eigenvalue weighted by Crippen LogP contribution is -2.28. The monoisotopic (exact) mass is 457 g/mol. The van der Waals surface area contributed by atoms with Crippen molar-refractivity contribution < 1.29 is 13.9 Å². The lowest BCUT2D eigenvalue weighted by atomic mass is 10.2. The van der Waals surface area contributed by atoms with Crippen molar-refractivity contribution in [3.05, 3.63) is 77.6 Å². The first kappa shape index (κ1) is 21.8. The molecule has 1 saturated heterocycles. The molecule has 0 atom stereocenters. The Bertz CT molecular complexity index is 1030. The topological polar surface area (TPSA) is 56.2 Å². The molecule has 162 valence electrons. The van der Waals surface area contributed by atoms with Crippen LogP contribution in [0.5, 0.6) is 5.75 Å². The van der Waals surface area contributed by atoms with Gasteiger partial charge in [0.05, 0.1) is 10.3 Å². The van der Waals surface area contributed by atoms with Gasteiger partial charge in [-0.1, -0.05) is 18.2 Å². The molecule has 0 spiro atoms. The summed E-state index contributed by atoms with van der Waals surface area (Å²) in [7, 11) is 0. The third-order valence-corrected chi connectivity index (χ3v) is 7.95. The molecule has 0 radical (unpaired) electrons. The summed E-state index contributed by atoms with van der Waals surface area (Å²) in [5.41, 5.74) is 2.39. The first-order chi connectivity index (χ1) is 15.1. The van der Waals surface area contributed by atoms with E-state index in [4.69, 9.17) is 4.74 Å². The van der Waals surface area contributed by atoms with Crippen molar-refractivity contribution in [1.82, 2.24) is 14.9 Å².